The average Bonchev–Trinajstić information content (AvgIpc) is 2.55. The first-order valence-corrected chi connectivity index (χ1v) is 8.11. The Morgan fingerprint density at radius 3 is 2.33 bits per heavy atom. The zero-order chi connectivity index (χ0) is 17.7. The number of hydrogen-bond acceptors (Lipinski definition) is 4. The monoisotopic (exact) mass is 366 g/mol. The summed E-state index contributed by atoms with van der Waals surface area (Å²) in [6.07, 6.45) is -0.725. The van der Waals surface area contributed by atoms with Gasteiger partial charge in [-0.25, -0.2) is 4.79 Å². The Hall–Kier alpha value is -2.04. The Kier molecular flexibility index (Phi) is 6.23. The van der Waals surface area contributed by atoms with Crippen molar-refractivity contribution in [2.24, 2.45) is 0 Å². The number of benzene rings is 2. The molecule has 0 aromatic heterocycles. The third-order valence-electron chi connectivity index (χ3n) is 3.22. The van der Waals surface area contributed by atoms with Crippen molar-refractivity contribution in [3.63, 3.8) is 0 Å². The zero-order valence-electron chi connectivity index (χ0n) is 13.2. The van der Waals surface area contributed by atoms with E-state index in [2.05, 4.69) is 0 Å². The molecule has 0 amide bonds. The summed E-state index contributed by atoms with van der Waals surface area (Å²) >= 11 is 11.9. The summed E-state index contributed by atoms with van der Waals surface area (Å²) in [5, 5.41) is 0.761. The van der Waals surface area contributed by atoms with Crippen LogP contribution in [0.25, 0.3) is 0 Å². The lowest BCUT2D eigenvalue weighted by molar-refractivity contribution is -0.150. The maximum absolute atomic E-state index is 12.5. The van der Waals surface area contributed by atoms with Crippen molar-refractivity contribution in [3.05, 3.63) is 63.6 Å². The molecule has 0 aliphatic carbocycles. The van der Waals surface area contributed by atoms with Crippen LogP contribution in [0, 0.1) is 0 Å². The van der Waals surface area contributed by atoms with Gasteiger partial charge in [-0.3, -0.25) is 4.79 Å². The Morgan fingerprint density at radius 1 is 1.08 bits per heavy atom. The summed E-state index contributed by atoms with van der Waals surface area (Å²) in [4.78, 5) is 24.0. The molecular weight excluding hydrogens is 351 g/mol. The second-order valence-electron chi connectivity index (χ2n) is 4.99. The molecule has 4 nitrogen and oxygen atoms in total. The molecule has 0 aliphatic heterocycles. The molecular formula is C18H16Cl2O4. The van der Waals surface area contributed by atoms with E-state index >= 15 is 0 Å². The van der Waals surface area contributed by atoms with E-state index in [1.54, 1.807) is 50.2 Å². The van der Waals surface area contributed by atoms with Crippen molar-refractivity contribution in [3.8, 4) is 5.75 Å². The van der Waals surface area contributed by atoms with Gasteiger partial charge in [-0.1, -0.05) is 23.2 Å². The quantitative estimate of drug-likeness (QED) is 0.555. The highest BCUT2D eigenvalue weighted by atomic mass is 35.5. The molecule has 0 bridgehead atoms. The van der Waals surface area contributed by atoms with Crippen molar-refractivity contribution >= 4 is 35.0 Å². The topological polar surface area (TPSA) is 52.6 Å². The summed E-state index contributed by atoms with van der Waals surface area (Å²) in [6, 6.07) is 11.2. The third-order valence-corrected chi connectivity index (χ3v) is 3.77. The maximum Gasteiger partial charge on any atom is 0.347 e. The van der Waals surface area contributed by atoms with Crippen LogP contribution in [-0.2, 0) is 9.53 Å². The number of carbonyl (C=O) groups is 2. The van der Waals surface area contributed by atoms with Crippen LogP contribution >= 0.6 is 23.2 Å². The highest BCUT2D eigenvalue weighted by molar-refractivity contribution is 6.37. The van der Waals surface area contributed by atoms with Gasteiger partial charge in [-0.05, 0) is 56.3 Å². The first kappa shape index (κ1) is 18.3. The Labute approximate surface area is 150 Å². The molecule has 24 heavy (non-hydrogen) atoms. The minimum absolute atomic E-state index is 0.221. The van der Waals surface area contributed by atoms with Crippen LogP contribution in [-0.4, -0.2) is 24.5 Å². The van der Waals surface area contributed by atoms with Crippen LogP contribution < -0.4 is 4.74 Å². The zero-order valence-corrected chi connectivity index (χ0v) is 14.7. The summed E-state index contributed by atoms with van der Waals surface area (Å²) in [7, 11) is 0. The average molecular weight is 367 g/mol. The van der Waals surface area contributed by atoms with Gasteiger partial charge in [0.15, 0.2) is 11.9 Å². The van der Waals surface area contributed by atoms with Crippen molar-refractivity contribution in [2.45, 2.75) is 20.0 Å². The lowest BCUT2D eigenvalue weighted by atomic mass is 10.0. The molecule has 126 valence electrons. The van der Waals surface area contributed by atoms with Crippen molar-refractivity contribution in [2.75, 3.05) is 6.61 Å². The molecule has 0 saturated carbocycles. The molecule has 2 rings (SSSR count). The lowest BCUT2D eigenvalue weighted by Crippen LogP contribution is -2.26. The fourth-order valence-corrected chi connectivity index (χ4v) is 2.52. The van der Waals surface area contributed by atoms with Gasteiger partial charge in [-0.2, -0.15) is 0 Å². The third kappa shape index (κ3) is 4.49. The molecule has 1 unspecified atom stereocenters. The molecule has 0 fully saturated rings. The summed E-state index contributed by atoms with van der Waals surface area (Å²) in [5.41, 5.74) is 0.824. The van der Waals surface area contributed by atoms with Crippen LogP contribution in [0.4, 0.5) is 0 Å². The molecule has 0 spiro atoms. The number of esters is 1. The van der Waals surface area contributed by atoms with E-state index in [0.717, 1.165) is 0 Å². The normalized spacial score (nSPS) is 11.7. The second kappa shape index (κ2) is 8.18. The molecule has 0 radical (unpaired) electrons. The summed E-state index contributed by atoms with van der Waals surface area (Å²) in [5.74, 6) is -0.193. The van der Waals surface area contributed by atoms with Crippen molar-refractivity contribution in [1.29, 1.82) is 0 Å². The van der Waals surface area contributed by atoms with Gasteiger partial charge in [0.05, 0.1) is 11.6 Å². The Balaban J connectivity index is 2.11. The first-order chi connectivity index (χ1) is 11.4. The minimum Gasteiger partial charge on any atom is -0.479 e. The predicted octanol–water partition coefficient (Wildman–Crippen LogP) is 4.55. The number of rotatable bonds is 6. The number of halogens is 2. The van der Waals surface area contributed by atoms with E-state index in [4.69, 9.17) is 32.7 Å². The Bertz CT molecular complexity index is 741. The van der Waals surface area contributed by atoms with Gasteiger partial charge >= 0.3 is 5.97 Å². The SMILES string of the molecule is CCOC(=O)C(C)Oc1ccc(C(=O)c2ccc(Cl)cc2Cl)cc1. The van der Waals surface area contributed by atoms with Crippen LogP contribution in [0.5, 0.6) is 5.75 Å². The Morgan fingerprint density at radius 2 is 1.75 bits per heavy atom. The minimum atomic E-state index is -0.725. The van der Waals surface area contributed by atoms with Gasteiger partial charge in [0.25, 0.3) is 0 Å². The molecule has 0 aliphatic rings. The highest BCUT2D eigenvalue weighted by Gasteiger charge is 2.17. The highest BCUT2D eigenvalue weighted by Crippen LogP contribution is 2.24. The van der Waals surface area contributed by atoms with Crippen LogP contribution in [0.1, 0.15) is 29.8 Å². The molecule has 6 heteroatoms. The molecule has 1 atom stereocenters. The first-order valence-electron chi connectivity index (χ1n) is 7.35. The number of carbonyl (C=O) groups excluding carboxylic acids is 2. The van der Waals surface area contributed by atoms with E-state index in [0.29, 0.717) is 33.5 Å². The van der Waals surface area contributed by atoms with Gasteiger partial charge in [0.2, 0.25) is 0 Å². The van der Waals surface area contributed by atoms with Crippen molar-refractivity contribution in [1.82, 2.24) is 0 Å². The fraction of sp³-hybridized carbons (Fsp3) is 0.222. The molecule has 0 N–H and O–H groups in total. The van der Waals surface area contributed by atoms with E-state index in [1.807, 2.05) is 0 Å². The number of ether oxygens (including phenoxy) is 2. The molecule has 2 aromatic rings. The summed E-state index contributed by atoms with van der Waals surface area (Å²) in [6.45, 7) is 3.62. The smallest absolute Gasteiger partial charge is 0.347 e. The number of ketones is 1. The van der Waals surface area contributed by atoms with E-state index in [1.165, 1.54) is 6.07 Å². The van der Waals surface area contributed by atoms with E-state index in [-0.39, 0.29) is 5.78 Å². The van der Waals surface area contributed by atoms with Gasteiger partial charge < -0.3 is 9.47 Å². The standard InChI is InChI=1S/C18H16Cl2O4/c1-3-23-18(22)11(2)24-14-7-4-12(5-8-14)17(21)15-9-6-13(19)10-16(15)20/h4-11H,3H2,1-2H3. The number of hydrogen-bond donors (Lipinski definition) is 0. The predicted molar refractivity (Wildman–Crippen MR) is 93.1 cm³/mol. The largest absolute Gasteiger partial charge is 0.479 e. The van der Waals surface area contributed by atoms with E-state index < -0.39 is 12.1 Å². The molecule has 0 saturated heterocycles. The van der Waals surface area contributed by atoms with Gasteiger partial charge in [0.1, 0.15) is 5.75 Å². The van der Waals surface area contributed by atoms with Crippen molar-refractivity contribution < 1.29 is 19.1 Å². The summed E-state index contributed by atoms with van der Waals surface area (Å²) < 4.78 is 10.4. The van der Waals surface area contributed by atoms with Crippen LogP contribution in [0.15, 0.2) is 42.5 Å². The van der Waals surface area contributed by atoms with Gasteiger partial charge in [0, 0.05) is 16.1 Å². The van der Waals surface area contributed by atoms with Crippen LogP contribution in [0.3, 0.4) is 0 Å². The maximum atomic E-state index is 12.5. The lowest BCUT2D eigenvalue weighted by Gasteiger charge is -2.13. The molecule has 2 aromatic carbocycles. The molecule has 0 heterocycles. The van der Waals surface area contributed by atoms with E-state index in [9.17, 15) is 9.59 Å². The van der Waals surface area contributed by atoms with Gasteiger partial charge in [-0.15, -0.1) is 0 Å². The van der Waals surface area contributed by atoms with Crippen LogP contribution in [0.2, 0.25) is 10.0 Å². The second-order valence-corrected chi connectivity index (χ2v) is 5.83. The fourth-order valence-electron chi connectivity index (χ4n) is 2.03.